The molecule has 0 unspecified atom stereocenters. The van der Waals surface area contributed by atoms with E-state index in [1.165, 1.54) is 6.07 Å². The Bertz CT molecular complexity index is 1260. The summed E-state index contributed by atoms with van der Waals surface area (Å²) in [4.78, 5) is 20.3. The van der Waals surface area contributed by atoms with Gasteiger partial charge in [-0.1, -0.05) is 44.5 Å². The fourth-order valence-corrected chi connectivity index (χ4v) is 4.72. The highest BCUT2D eigenvalue weighted by Crippen LogP contribution is 2.34. The van der Waals surface area contributed by atoms with Crippen molar-refractivity contribution in [3.8, 4) is 0 Å². The smallest absolute Gasteiger partial charge is 0.193 e. The van der Waals surface area contributed by atoms with E-state index in [1.54, 1.807) is 25.3 Å². The monoisotopic (exact) mass is 487 g/mol. The van der Waals surface area contributed by atoms with E-state index in [0.29, 0.717) is 54.3 Å². The van der Waals surface area contributed by atoms with Gasteiger partial charge >= 0.3 is 0 Å². The van der Waals surface area contributed by atoms with Crippen molar-refractivity contribution in [2.45, 2.75) is 40.2 Å². The van der Waals surface area contributed by atoms with E-state index < -0.39 is 5.82 Å². The molecule has 1 N–H and O–H groups in total. The van der Waals surface area contributed by atoms with E-state index in [4.69, 9.17) is 21.3 Å². The van der Waals surface area contributed by atoms with Crippen molar-refractivity contribution >= 4 is 28.5 Å². The first kappa shape index (κ1) is 24.6. The zero-order valence-corrected chi connectivity index (χ0v) is 20.8. The zero-order valence-electron chi connectivity index (χ0n) is 20.1. The predicted octanol–water partition coefficient (Wildman–Crippen LogP) is 4.50. The van der Waals surface area contributed by atoms with Gasteiger partial charge in [-0.15, -0.1) is 0 Å². The number of pyridine rings is 2. The molecule has 1 atom stereocenters. The van der Waals surface area contributed by atoms with Gasteiger partial charge in [0.2, 0.25) is 0 Å². The number of morpholine rings is 1. The molecule has 1 aliphatic heterocycles. The molecular weight excluding hydrogens is 457 g/mol. The topological polar surface area (TPSA) is 67.6 Å². The standard InChI is InChI=1S/C26H31ClFN3O3/c1-16-14-31(21(15-32)26(2,3)4)25-19(23(16)33)13-18(12-17-6-5-7-20(27)22(17)28)24(29-25)30-8-10-34-11-9-30/h5-7,13-14,21,32H,8-12,15H2,1-4H3/t21-/m1/s1. The van der Waals surface area contributed by atoms with E-state index >= 15 is 0 Å². The lowest BCUT2D eigenvalue weighted by Crippen LogP contribution is -2.38. The summed E-state index contributed by atoms with van der Waals surface area (Å²) in [5, 5.41) is 10.8. The van der Waals surface area contributed by atoms with Crippen LogP contribution in [0.4, 0.5) is 10.2 Å². The summed E-state index contributed by atoms with van der Waals surface area (Å²) in [5.74, 6) is 0.227. The van der Waals surface area contributed by atoms with Gasteiger partial charge in [0.1, 0.15) is 17.3 Å². The Kier molecular flexibility index (Phi) is 6.99. The molecule has 34 heavy (non-hydrogen) atoms. The van der Waals surface area contributed by atoms with Gasteiger partial charge < -0.3 is 19.3 Å². The molecule has 1 saturated heterocycles. The third-order valence-electron chi connectivity index (χ3n) is 6.47. The van der Waals surface area contributed by atoms with Crippen LogP contribution >= 0.6 is 11.6 Å². The highest BCUT2D eigenvalue weighted by molar-refractivity contribution is 6.30. The minimum atomic E-state index is -0.466. The molecular formula is C26H31ClFN3O3. The summed E-state index contributed by atoms with van der Waals surface area (Å²) in [5.41, 5.74) is 1.88. The number of nitrogens with zero attached hydrogens (tertiary/aromatic N) is 3. The third kappa shape index (κ3) is 4.69. The highest BCUT2D eigenvalue weighted by atomic mass is 35.5. The summed E-state index contributed by atoms with van der Waals surface area (Å²) < 4.78 is 22.2. The van der Waals surface area contributed by atoms with Gasteiger partial charge in [0, 0.05) is 36.8 Å². The van der Waals surface area contributed by atoms with Gasteiger partial charge in [0.05, 0.1) is 36.3 Å². The zero-order chi connectivity index (χ0) is 24.6. The minimum absolute atomic E-state index is 0.0633. The van der Waals surface area contributed by atoms with E-state index in [-0.39, 0.29) is 34.9 Å². The molecule has 6 nitrogen and oxygen atoms in total. The summed E-state index contributed by atoms with van der Waals surface area (Å²) in [6.07, 6.45) is 2.03. The number of benzene rings is 1. The molecule has 2 aromatic heterocycles. The lowest BCUT2D eigenvalue weighted by Gasteiger charge is -2.34. The van der Waals surface area contributed by atoms with Crippen LogP contribution in [0, 0.1) is 18.2 Å². The summed E-state index contributed by atoms with van der Waals surface area (Å²) in [6.45, 7) is 10.2. The van der Waals surface area contributed by atoms with Crippen LogP contribution in [0.1, 0.15) is 43.5 Å². The first-order chi connectivity index (χ1) is 16.1. The third-order valence-corrected chi connectivity index (χ3v) is 6.76. The molecule has 0 bridgehead atoms. The Morgan fingerprint density at radius 2 is 1.94 bits per heavy atom. The number of aryl methyl sites for hydroxylation is 1. The number of hydrogen-bond donors (Lipinski definition) is 1. The molecule has 3 heterocycles. The highest BCUT2D eigenvalue weighted by Gasteiger charge is 2.28. The van der Waals surface area contributed by atoms with Gasteiger partial charge in [-0.05, 0) is 30.0 Å². The second-order valence-electron chi connectivity index (χ2n) is 9.94. The fourth-order valence-electron chi connectivity index (χ4n) is 4.53. The largest absolute Gasteiger partial charge is 0.394 e. The average molecular weight is 488 g/mol. The second-order valence-corrected chi connectivity index (χ2v) is 10.4. The second kappa shape index (κ2) is 9.64. The average Bonchev–Trinajstić information content (AvgIpc) is 2.80. The summed E-state index contributed by atoms with van der Waals surface area (Å²) in [6, 6.07) is 6.48. The Balaban J connectivity index is 1.98. The Morgan fingerprint density at radius 3 is 2.59 bits per heavy atom. The Hall–Kier alpha value is -2.48. The van der Waals surface area contributed by atoms with Crippen molar-refractivity contribution in [1.82, 2.24) is 9.55 Å². The number of aromatic nitrogens is 2. The Labute approximate surface area is 203 Å². The first-order valence-corrected chi connectivity index (χ1v) is 11.9. The van der Waals surface area contributed by atoms with Gasteiger partial charge in [-0.2, -0.15) is 0 Å². The Morgan fingerprint density at radius 1 is 1.24 bits per heavy atom. The number of aliphatic hydroxyl groups is 1. The molecule has 0 aliphatic carbocycles. The van der Waals surface area contributed by atoms with Crippen LogP contribution in [0.3, 0.4) is 0 Å². The van der Waals surface area contributed by atoms with Crippen molar-refractivity contribution in [1.29, 1.82) is 0 Å². The maximum Gasteiger partial charge on any atom is 0.193 e. The van der Waals surface area contributed by atoms with Crippen LogP contribution in [0.2, 0.25) is 5.02 Å². The minimum Gasteiger partial charge on any atom is -0.394 e. The van der Waals surface area contributed by atoms with Crippen LogP contribution in [-0.2, 0) is 11.2 Å². The molecule has 0 radical (unpaired) electrons. The molecule has 3 aromatic rings. The predicted molar refractivity (Wildman–Crippen MR) is 134 cm³/mol. The van der Waals surface area contributed by atoms with Gasteiger partial charge in [-0.3, -0.25) is 4.79 Å². The number of rotatable bonds is 5. The van der Waals surface area contributed by atoms with Crippen LogP contribution in [-0.4, -0.2) is 47.6 Å². The molecule has 0 amide bonds. The van der Waals surface area contributed by atoms with Crippen LogP contribution < -0.4 is 10.3 Å². The van der Waals surface area contributed by atoms with E-state index in [2.05, 4.69) is 4.90 Å². The number of anilines is 1. The van der Waals surface area contributed by atoms with E-state index in [9.17, 15) is 14.3 Å². The molecule has 0 spiro atoms. The maximum atomic E-state index is 14.8. The van der Waals surface area contributed by atoms with Crippen molar-refractivity contribution in [3.63, 3.8) is 0 Å². The van der Waals surface area contributed by atoms with Crippen molar-refractivity contribution in [2.75, 3.05) is 37.8 Å². The van der Waals surface area contributed by atoms with Crippen molar-refractivity contribution < 1.29 is 14.2 Å². The molecule has 0 saturated carbocycles. The van der Waals surface area contributed by atoms with Gasteiger partial charge in [-0.25, -0.2) is 9.37 Å². The molecule has 8 heteroatoms. The number of ether oxygens (including phenoxy) is 1. The van der Waals surface area contributed by atoms with Crippen molar-refractivity contribution in [2.24, 2.45) is 5.41 Å². The fraction of sp³-hybridized carbons (Fsp3) is 0.462. The SMILES string of the molecule is Cc1cn([C@H](CO)C(C)(C)C)c2nc(N3CCOCC3)c(Cc3cccc(Cl)c3F)cc2c1=O. The number of halogens is 2. The number of fused-ring (bicyclic) bond motifs is 1. The van der Waals surface area contributed by atoms with Crippen LogP contribution in [0.5, 0.6) is 0 Å². The lowest BCUT2D eigenvalue weighted by molar-refractivity contribution is 0.122. The molecule has 1 aliphatic rings. The molecule has 1 fully saturated rings. The van der Waals surface area contributed by atoms with Crippen LogP contribution in [0.15, 0.2) is 35.3 Å². The summed E-state index contributed by atoms with van der Waals surface area (Å²) >= 11 is 6.03. The molecule has 1 aromatic carbocycles. The van der Waals surface area contributed by atoms with Crippen molar-refractivity contribution in [3.05, 3.63) is 68.2 Å². The van der Waals surface area contributed by atoms with Gasteiger partial charge in [0.25, 0.3) is 0 Å². The first-order valence-electron chi connectivity index (χ1n) is 11.5. The lowest BCUT2D eigenvalue weighted by atomic mass is 9.86. The number of hydrogen-bond acceptors (Lipinski definition) is 5. The number of aliphatic hydroxyl groups excluding tert-OH is 1. The summed E-state index contributed by atoms with van der Waals surface area (Å²) in [7, 11) is 0. The quantitative estimate of drug-likeness (QED) is 0.573. The molecule has 182 valence electrons. The molecule has 4 rings (SSSR count). The van der Waals surface area contributed by atoms with E-state index in [1.807, 2.05) is 31.4 Å². The van der Waals surface area contributed by atoms with Crippen LogP contribution in [0.25, 0.3) is 11.0 Å². The normalized spacial score (nSPS) is 15.7. The maximum absolute atomic E-state index is 14.8. The van der Waals surface area contributed by atoms with Gasteiger partial charge in [0.15, 0.2) is 5.43 Å². The van der Waals surface area contributed by atoms with E-state index in [0.717, 1.165) is 5.56 Å².